The van der Waals surface area contributed by atoms with Crippen LogP contribution in [0.25, 0.3) is 0 Å². The van der Waals surface area contributed by atoms with E-state index in [2.05, 4.69) is 22.9 Å². The first-order valence-electron chi connectivity index (χ1n) is 6.12. The maximum atomic E-state index is 9.76. The van der Waals surface area contributed by atoms with Crippen molar-refractivity contribution < 1.29 is 5.11 Å². The van der Waals surface area contributed by atoms with Gasteiger partial charge in [0.05, 0.1) is 6.10 Å². The molecule has 0 aliphatic carbocycles. The van der Waals surface area contributed by atoms with Crippen molar-refractivity contribution in [3.8, 4) is 0 Å². The third kappa shape index (κ3) is 2.19. The van der Waals surface area contributed by atoms with Gasteiger partial charge >= 0.3 is 0 Å². The summed E-state index contributed by atoms with van der Waals surface area (Å²) >= 11 is 0. The minimum Gasteiger partial charge on any atom is -0.388 e. The van der Waals surface area contributed by atoms with Gasteiger partial charge in [-0.15, -0.1) is 0 Å². The summed E-state index contributed by atoms with van der Waals surface area (Å²) in [7, 11) is 0. The molecule has 2 rings (SSSR count). The number of rotatable bonds is 3. The molecule has 3 nitrogen and oxygen atoms in total. The number of hydrogen-bond acceptors (Lipinski definition) is 3. The average Bonchev–Trinajstić information content (AvgIpc) is 2.81. The van der Waals surface area contributed by atoms with Gasteiger partial charge in [0.25, 0.3) is 0 Å². The van der Waals surface area contributed by atoms with Crippen molar-refractivity contribution in [3.63, 3.8) is 0 Å². The van der Waals surface area contributed by atoms with Crippen LogP contribution < -0.4 is 4.90 Å². The highest BCUT2D eigenvalue weighted by atomic mass is 16.3. The summed E-state index contributed by atoms with van der Waals surface area (Å²) in [6.07, 6.45) is 4.71. The first-order valence-corrected chi connectivity index (χ1v) is 6.12. The molecule has 0 aromatic carbocycles. The molecular formula is C13H20N2O. The Kier molecular flexibility index (Phi) is 3.44. The Bertz CT molecular complexity index is 359. The molecular weight excluding hydrogens is 200 g/mol. The van der Waals surface area contributed by atoms with Crippen LogP contribution >= 0.6 is 0 Å². The van der Waals surface area contributed by atoms with Crippen LogP contribution in [-0.2, 0) is 0 Å². The largest absolute Gasteiger partial charge is 0.388 e. The number of hydrogen-bond donors (Lipinski definition) is 1. The lowest BCUT2D eigenvalue weighted by Crippen LogP contribution is -2.20. The zero-order chi connectivity index (χ0) is 11.5. The van der Waals surface area contributed by atoms with Crippen molar-refractivity contribution in [2.75, 3.05) is 18.0 Å². The minimum atomic E-state index is -0.376. The summed E-state index contributed by atoms with van der Waals surface area (Å²) in [6, 6.07) is 2.06. The first kappa shape index (κ1) is 11.4. The quantitative estimate of drug-likeness (QED) is 0.850. The zero-order valence-corrected chi connectivity index (χ0v) is 10.1. The normalized spacial score (nSPS) is 17.8. The molecule has 1 saturated heterocycles. The number of aromatic nitrogens is 1. The first-order chi connectivity index (χ1) is 7.72. The van der Waals surface area contributed by atoms with E-state index in [9.17, 15) is 5.11 Å². The summed E-state index contributed by atoms with van der Waals surface area (Å²) in [6.45, 7) is 6.29. The second-order valence-corrected chi connectivity index (χ2v) is 4.53. The second-order valence-electron chi connectivity index (χ2n) is 4.53. The predicted octanol–water partition coefficient (Wildman–Crippen LogP) is 2.43. The molecule has 0 amide bonds. The smallest absolute Gasteiger partial charge is 0.131 e. The van der Waals surface area contributed by atoms with Crippen LogP contribution in [0.3, 0.4) is 0 Å². The Labute approximate surface area is 97.1 Å². The molecule has 1 aromatic rings. The van der Waals surface area contributed by atoms with E-state index in [1.807, 2.05) is 13.1 Å². The van der Waals surface area contributed by atoms with Crippen LogP contribution in [0, 0.1) is 6.92 Å². The summed E-state index contributed by atoms with van der Waals surface area (Å²) in [5, 5.41) is 9.76. The van der Waals surface area contributed by atoms with E-state index >= 15 is 0 Å². The van der Waals surface area contributed by atoms with Crippen molar-refractivity contribution in [1.29, 1.82) is 0 Å². The molecule has 0 unspecified atom stereocenters. The Morgan fingerprint density at radius 2 is 2.12 bits per heavy atom. The predicted molar refractivity (Wildman–Crippen MR) is 65.7 cm³/mol. The zero-order valence-electron chi connectivity index (χ0n) is 10.1. The molecule has 1 fully saturated rings. The van der Waals surface area contributed by atoms with Crippen molar-refractivity contribution >= 4 is 5.82 Å². The van der Waals surface area contributed by atoms with Crippen LogP contribution in [0.2, 0.25) is 0 Å². The van der Waals surface area contributed by atoms with Crippen LogP contribution in [-0.4, -0.2) is 23.2 Å². The fourth-order valence-electron chi connectivity index (χ4n) is 2.27. The molecule has 1 aliphatic rings. The third-order valence-corrected chi connectivity index (χ3v) is 3.25. The fraction of sp³-hybridized carbons (Fsp3) is 0.615. The number of nitrogens with zero attached hydrogens (tertiary/aromatic N) is 2. The van der Waals surface area contributed by atoms with Crippen molar-refractivity contribution in [2.24, 2.45) is 0 Å². The lowest BCUT2D eigenvalue weighted by Gasteiger charge is -2.19. The maximum absolute atomic E-state index is 9.76. The molecule has 1 atom stereocenters. The molecule has 3 heteroatoms. The molecule has 0 bridgehead atoms. The number of aliphatic hydroxyl groups is 1. The standard InChI is InChI=1S/C13H20N2O/c1-3-12(16)11-8-10(2)13(14-9-11)15-6-4-5-7-15/h8-9,12,16H,3-7H2,1-2H3/t12-/m0/s1. The minimum absolute atomic E-state index is 0.376. The van der Waals surface area contributed by atoms with Crippen molar-refractivity contribution in [2.45, 2.75) is 39.2 Å². The molecule has 0 saturated carbocycles. The molecule has 2 heterocycles. The topological polar surface area (TPSA) is 36.4 Å². The molecule has 88 valence electrons. The second kappa shape index (κ2) is 4.83. The summed E-state index contributed by atoms with van der Waals surface area (Å²) in [5.74, 6) is 1.09. The third-order valence-electron chi connectivity index (χ3n) is 3.25. The van der Waals surface area contributed by atoms with Crippen LogP contribution in [0.15, 0.2) is 12.3 Å². The summed E-state index contributed by atoms with van der Waals surface area (Å²) < 4.78 is 0. The van der Waals surface area contributed by atoms with Crippen molar-refractivity contribution in [1.82, 2.24) is 4.98 Å². The van der Waals surface area contributed by atoms with E-state index in [1.54, 1.807) is 0 Å². The van der Waals surface area contributed by atoms with Crippen LogP contribution in [0.1, 0.15) is 43.4 Å². The maximum Gasteiger partial charge on any atom is 0.131 e. The van der Waals surface area contributed by atoms with E-state index in [-0.39, 0.29) is 6.10 Å². The van der Waals surface area contributed by atoms with Gasteiger partial charge in [-0.3, -0.25) is 0 Å². The Morgan fingerprint density at radius 3 is 2.69 bits per heavy atom. The highest BCUT2D eigenvalue weighted by Gasteiger charge is 2.16. The molecule has 1 aromatic heterocycles. The summed E-state index contributed by atoms with van der Waals surface area (Å²) in [5.41, 5.74) is 2.11. The van der Waals surface area contributed by atoms with E-state index in [0.29, 0.717) is 0 Å². The number of anilines is 1. The van der Waals surface area contributed by atoms with Crippen molar-refractivity contribution in [3.05, 3.63) is 23.4 Å². The van der Waals surface area contributed by atoms with Gasteiger partial charge in [0.2, 0.25) is 0 Å². The lowest BCUT2D eigenvalue weighted by atomic mass is 10.1. The van der Waals surface area contributed by atoms with Crippen LogP contribution in [0.5, 0.6) is 0 Å². The van der Waals surface area contributed by atoms with Gasteiger partial charge < -0.3 is 10.0 Å². The van der Waals surface area contributed by atoms with Gasteiger partial charge in [-0.25, -0.2) is 4.98 Å². The van der Waals surface area contributed by atoms with Gasteiger partial charge in [-0.1, -0.05) is 6.92 Å². The Morgan fingerprint density at radius 1 is 1.44 bits per heavy atom. The molecule has 16 heavy (non-hydrogen) atoms. The monoisotopic (exact) mass is 220 g/mol. The van der Waals surface area contributed by atoms with Crippen LogP contribution in [0.4, 0.5) is 5.82 Å². The number of aliphatic hydroxyl groups excluding tert-OH is 1. The number of aryl methyl sites for hydroxylation is 1. The lowest BCUT2D eigenvalue weighted by molar-refractivity contribution is 0.173. The average molecular weight is 220 g/mol. The molecule has 1 aliphatic heterocycles. The number of pyridine rings is 1. The summed E-state index contributed by atoms with van der Waals surface area (Å²) in [4.78, 5) is 6.83. The Hall–Kier alpha value is -1.09. The van der Waals surface area contributed by atoms with E-state index in [1.165, 1.54) is 18.4 Å². The van der Waals surface area contributed by atoms with Gasteiger partial charge in [-0.05, 0) is 43.4 Å². The molecule has 1 N–H and O–H groups in total. The highest BCUT2D eigenvalue weighted by Crippen LogP contribution is 2.25. The molecule has 0 radical (unpaired) electrons. The van der Waals surface area contributed by atoms with E-state index in [0.717, 1.165) is 30.9 Å². The molecule has 0 spiro atoms. The van der Waals surface area contributed by atoms with Gasteiger partial charge in [-0.2, -0.15) is 0 Å². The fourth-order valence-corrected chi connectivity index (χ4v) is 2.27. The van der Waals surface area contributed by atoms with Gasteiger partial charge in [0.15, 0.2) is 0 Å². The van der Waals surface area contributed by atoms with Gasteiger partial charge in [0.1, 0.15) is 5.82 Å². The van der Waals surface area contributed by atoms with E-state index in [4.69, 9.17) is 0 Å². The van der Waals surface area contributed by atoms with E-state index < -0.39 is 0 Å². The SMILES string of the molecule is CC[C@H](O)c1cnc(N2CCCC2)c(C)c1. The Balaban J connectivity index is 2.22. The highest BCUT2D eigenvalue weighted by molar-refractivity contribution is 5.48. The van der Waals surface area contributed by atoms with Gasteiger partial charge in [0, 0.05) is 19.3 Å².